The van der Waals surface area contributed by atoms with Crippen LogP contribution in [0.5, 0.6) is 0 Å². The van der Waals surface area contributed by atoms with Gasteiger partial charge in [0.25, 0.3) is 0 Å². The van der Waals surface area contributed by atoms with Gasteiger partial charge in [0.05, 0.1) is 6.10 Å². The molecule has 1 aliphatic heterocycles. The van der Waals surface area contributed by atoms with Crippen LogP contribution in [-0.2, 0) is 9.53 Å². The van der Waals surface area contributed by atoms with E-state index in [4.69, 9.17) is 4.74 Å². The van der Waals surface area contributed by atoms with Gasteiger partial charge in [-0.2, -0.15) is 0 Å². The number of hydrogen-bond donors (Lipinski definition) is 1. The lowest BCUT2D eigenvalue weighted by Crippen LogP contribution is -2.63. The Kier molecular flexibility index (Phi) is 6.27. The predicted octanol–water partition coefficient (Wildman–Crippen LogP) is 2.82. The summed E-state index contributed by atoms with van der Waals surface area (Å²) >= 11 is 0. The Morgan fingerprint density at radius 2 is 2.14 bits per heavy atom. The van der Waals surface area contributed by atoms with Crippen molar-refractivity contribution < 1.29 is 9.53 Å². The number of carbonyl (C=O) groups is 1. The second-order valence-corrected chi connectivity index (χ2v) is 7.50. The zero-order chi connectivity index (χ0) is 16.2. The van der Waals surface area contributed by atoms with Crippen LogP contribution in [-0.4, -0.2) is 49.2 Å². The Hall–Kier alpha value is -0.610. The van der Waals surface area contributed by atoms with Crippen molar-refractivity contribution >= 4 is 5.91 Å². The molecule has 128 valence electrons. The van der Waals surface area contributed by atoms with Crippen LogP contribution in [0.4, 0.5) is 0 Å². The van der Waals surface area contributed by atoms with Gasteiger partial charge in [0.2, 0.25) is 5.91 Å². The fourth-order valence-electron chi connectivity index (χ4n) is 4.00. The molecule has 0 radical (unpaired) electrons. The van der Waals surface area contributed by atoms with Crippen molar-refractivity contribution in [1.29, 1.82) is 0 Å². The SMILES string of the molecule is CCCN(C(=O)CCC1CCNC1)C1CC(OCC)C1(C)C. The Morgan fingerprint density at radius 3 is 2.68 bits per heavy atom. The molecule has 0 spiro atoms. The summed E-state index contributed by atoms with van der Waals surface area (Å²) in [6.45, 7) is 12.6. The molecule has 0 bridgehead atoms. The van der Waals surface area contributed by atoms with Crippen LogP contribution in [0.15, 0.2) is 0 Å². The number of hydrogen-bond acceptors (Lipinski definition) is 3. The summed E-state index contributed by atoms with van der Waals surface area (Å²) in [6, 6.07) is 0.346. The van der Waals surface area contributed by atoms with Crippen molar-refractivity contribution in [2.75, 3.05) is 26.2 Å². The zero-order valence-electron chi connectivity index (χ0n) is 14.9. The first-order valence-corrected chi connectivity index (χ1v) is 9.12. The van der Waals surface area contributed by atoms with E-state index in [9.17, 15) is 4.79 Å². The highest BCUT2D eigenvalue weighted by molar-refractivity contribution is 5.76. The Labute approximate surface area is 136 Å². The molecule has 1 heterocycles. The largest absolute Gasteiger partial charge is 0.378 e. The van der Waals surface area contributed by atoms with Crippen LogP contribution >= 0.6 is 0 Å². The minimum atomic E-state index is 0.0791. The molecule has 1 saturated heterocycles. The molecule has 2 rings (SSSR count). The smallest absolute Gasteiger partial charge is 0.222 e. The summed E-state index contributed by atoms with van der Waals surface area (Å²) in [6.07, 6.45) is 5.29. The number of nitrogens with zero attached hydrogens (tertiary/aromatic N) is 1. The van der Waals surface area contributed by atoms with Crippen LogP contribution in [0.1, 0.15) is 59.8 Å². The molecule has 2 aliphatic rings. The van der Waals surface area contributed by atoms with Crippen LogP contribution in [0.2, 0.25) is 0 Å². The quantitative estimate of drug-likeness (QED) is 0.749. The van der Waals surface area contributed by atoms with Crippen molar-refractivity contribution in [1.82, 2.24) is 10.2 Å². The van der Waals surface area contributed by atoms with Gasteiger partial charge in [-0.15, -0.1) is 0 Å². The molecule has 2 fully saturated rings. The fraction of sp³-hybridized carbons (Fsp3) is 0.944. The second-order valence-electron chi connectivity index (χ2n) is 7.50. The maximum absolute atomic E-state index is 12.7. The van der Waals surface area contributed by atoms with Crippen molar-refractivity contribution in [3.63, 3.8) is 0 Å². The summed E-state index contributed by atoms with van der Waals surface area (Å²) in [5, 5.41) is 3.39. The van der Waals surface area contributed by atoms with Gasteiger partial charge in [0.1, 0.15) is 0 Å². The molecule has 1 N–H and O–H groups in total. The summed E-state index contributed by atoms with van der Waals surface area (Å²) in [5.41, 5.74) is 0.0791. The normalized spacial score (nSPS) is 30.1. The van der Waals surface area contributed by atoms with E-state index in [2.05, 4.69) is 31.0 Å². The van der Waals surface area contributed by atoms with Gasteiger partial charge >= 0.3 is 0 Å². The third-order valence-electron chi connectivity index (χ3n) is 5.58. The molecule has 0 aromatic heterocycles. The topological polar surface area (TPSA) is 41.6 Å². The van der Waals surface area contributed by atoms with Crippen LogP contribution in [0.25, 0.3) is 0 Å². The lowest BCUT2D eigenvalue weighted by atomic mass is 9.63. The third-order valence-corrected chi connectivity index (χ3v) is 5.58. The lowest BCUT2D eigenvalue weighted by Gasteiger charge is -2.55. The molecule has 22 heavy (non-hydrogen) atoms. The van der Waals surface area contributed by atoms with E-state index in [1.165, 1.54) is 6.42 Å². The molecule has 4 nitrogen and oxygen atoms in total. The highest BCUT2D eigenvalue weighted by atomic mass is 16.5. The first-order chi connectivity index (χ1) is 10.5. The first kappa shape index (κ1) is 17.7. The van der Waals surface area contributed by atoms with Gasteiger partial charge in [-0.25, -0.2) is 0 Å². The average Bonchev–Trinajstić information content (AvgIpc) is 3.00. The standard InChI is InChI=1S/C18H34N2O2/c1-5-11-20(15-12-16(22-6-2)18(15,3)4)17(21)8-7-14-9-10-19-13-14/h14-16,19H,5-13H2,1-4H3. The van der Waals surface area contributed by atoms with E-state index < -0.39 is 0 Å². The fourth-order valence-corrected chi connectivity index (χ4v) is 4.00. The average molecular weight is 310 g/mol. The second kappa shape index (κ2) is 7.78. The molecule has 3 atom stereocenters. The summed E-state index contributed by atoms with van der Waals surface area (Å²) in [7, 11) is 0. The van der Waals surface area contributed by atoms with Crippen molar-refractivity contribution in [2.24, 2.45) is 11.3 Å². The highest BCUT2D eigenvalue weighted by Crippen LogP contribution is 2.46. The van der Waals surface area contributed by atoms with E-state index in [1.54, 1.807) is 0 Å². The van der Waals surface area contributed by atoms with Crippen molar-refractivity contribution in [3.05, 3.63) is 0 Å². The lowest BCUT2D eigenvalue weighted by molar-refractivity contribution is -0.167. The van der Waals surface area contributed by atoms with Crippen molar-refractivity contribution in [3.8, 4) is 0 Å². The van der Waals surface area contributed by atoms with Gasteiger partial charge in [-0.1, -0.05) is 20.8 Å². The van der Waals surface area contributed by atoms with Gasteiger partial charge in [-0.05, 0) is 51.6 Å². The molecule has 1 aliphatic carbocycles. The molecule has 0 aromatic rings. The first-order valence-electron chi connectivity index (χ1n) is 9.12. The minimum Gasteiger partial charge on any atom is -0.378 e. The van der Waals surface area contributed by atoms with Gasteiger partial charge in [0.15, 0.2) is 0 Å². The van der Waals surface area contributed by atoms with E-state index >= 15 is 0 Å². The molecular formula is C18H34N2O2. The summed E-state index contributed by atoms with van der Waals surface area (Å²) in [5.74, 6) is 1.04. The maximum atomic E-state index is 12.7. The highest BCUT2D eigenvalue weighted by Gasteiger charge is 2.52. The van der Waals surface area contributed by atoms with Crippen LogP contribution in [0, 0.1) is 11.3 Å². The van der Waals surface area contributed by atoms with Gasteiger partial charge in [0, 0.05) is 31.0 Å². The monoisotopic (exact) mass is 310 g/mol. The molecule has 0 aromatic carbocycles. The van der Waals surface area contributed by atoms with E-state index in [-0.39, 0.29) is 5.41 Å². The molecule has 1 saturated carbocycles. The minimum absolute atomic E-state index is 0.0791. The zero-order valence-corrected chi connectivity index (χ0v) is 14.9. The summed E-state index contributed by atoms with van der Waals surface area (Å²) in [4.78, 5) is 14.9. The maximum Gasteiger partial charge on any atom is 0.222 e. The predicted molar refractivity (Wildman–Crippen MR) is 89.8 cm³/mol. The third kappa shape index (κ3) is 3.83. The van der Waals surface area contributed by atoms with Gasteiger partial charge < -0.3 is 15.0 Å². The Morgan fingerprint density at radius 1 is 1.36 bits per heavy atom. The number of rotatable bonds is 8. The Balaban J connectivity index is 1.90. The van der Waals surface area contributed by atoms with Crippen molar-refractivity contribution in [2.45, 2.75) is 71.9 Å². The number of nitrogens with one attached hydrogen (secondary N) is 1. The van der Waals surface area contributed by atoms with Gasteiger partial charge in [-0.3, -0.25) is 4.79 Å². The number of carbonyl (C=O) groups excluding carboxylic acids is 1. The number of amides is 1. The number of ether oxygens (including phenoxy) is 1. The van der Waals surface area contributed by atoms with E-state index in [1.807, 2.05) is 6.92 Å². The molecular weight excluding hydrogens is 276 g/mol. The molecule has 3 unspecified atom stereocenters. The molecule has 4 heteroatoms. The Bertz CT molecular complexity index is 364. The van der Waals surface area contributed by atoms with E-state index in [0.29, 0.717) is 30.4 Å². The summed E-state index contributed by atoms with van der Waals surface area (Å²) < 4.78 is 5.83. The molecule has 1 amide bonds. The van der Waals surface area contributed by atoms with Crippen LogP contribution < -0.4 is 5.32 Å². The van der Waals surface area contributed by atoms with Crippen LogP contribution in [0.3, 0.4) is 0 Å². The van der Waals surface area contributed by atoms with E-state index in [0.717, 1.165) is 45.5 Å².